The maximum Gasteiger partial charge on any atom is 0.226 e. The van der Waals surface area contributed by atoms with E-state index >= 15 is 0 Å². The van der Waals surface area contributed by atoms with Gasteiger partial charge in [-0.25, -0.2) is 0 Å². The lowest BCUT2D eigenvalue weighted by Crippen LogP contribution is -2.50. The van der Waals surface area contributed by atoms with Crippen molar-refractivity contribution in [3.8, 4) is 0 Å². The zero-order chi connectivity index (χ0) is 12.3. The van der Waals surface area contributed by atoms with Crippen LogP contribution in [0.3, 0.4) is 0 Å². The molecule has 0 saturated carbocycles. The molecule has 0 bridgehead atoms. The summed E-state index contributed by atoms with van der Waals surface area (Å²) in [6.45, 7) is 6.68. The van der Waals surface area contributed by atoms with E-state index in [9.17, 15) is 4.79 Å². The fourth-order valence-electron chi connectivity index (χ4n) is 2.97. The number of carbonyl (C=O) groups excluding carboxylic acids is 1. The molecule has 2 heterocycles. The molecule has 2 unspecified atom stereocenters. The maximum absolute atomic E-state index is 12.1. The first-order valence-electron chi connectivity index (χ1n) is 6.95. The van der Waals surface area contributed by atoms with E-state index < -0.39 is 0 Å². The first-order chi connectivity index (χ1) is 8.22. The molecular weight excluding hydrogens is 214 g/mol. The number of carbonyl (C=O) groups is 1. The number of amides is 1. The molecule has 0 radical (unpaired) electrons. The second-order valence-corrected chi connectivity index (χ2v) is 5.46. The Hall–Kier alpha value is -0.610. The summed E-state index contributed by atoms with van der Waals surface area (Å²) in [4.78, 5) is 16.7. The predicted octanol–water partition coefficient (Wildman–Crippen LogP) is 0.668. The van der Waals surface area contributed by atoms with Crippen LogP contribution < -0.4 is 5.73 Å². The monoisotopic (exact) mass is 239 g/mol. The lowest BCUT2D eigenvalue weighted by Gasteiger charge is -2.38. The van der Waals surface area contributed by atoms with Crippen molar-refractivity contribution in [1.29, 1.82) is 0 Å². The molecule has 2 fully saturated rings. The van der Waals surface area contributed by atoms with Crippen molar-refractivity contribution in [3.63, 3.8) is 0 Å². The highest BCUT2D eigenvalue weighted by molar-refractivity contribution is 5.78. The largest absolute Gasteiger partial charge is 0.341 e. The van der Waals surface area contributed by atoms with Gasteiger partial charge in [0.05, 0.1) is 0 Å². The zero-order valence-electron chi connectivity index (χ0n) is 10.9. The quantitative estimate of drug-likeness (QED) is 0.787. The summed E-state index contributed by atoms with van der Waals surface area (Å²) in [7, 11) is 0. The summed E-state index contributed by atoms with van der Waals surface area (Å²) in [6.07, 6.45) is 5.04. The minimum Gasteiger partial charge on any atom is -0.341 e. The van der Waals surface area contributed by atoms with Gasteiger partial charge in [-0.3, -0.25) is 9.69 Å². The van der Waals surface area contributed by atoms with Crippen LogP contribution in [0.25, 0.3) is 0 Å². The average Bonchev–Trinajstić information content (AvgIpc) is 2.91. The summed E-state index contributed by atoms with van der Waals surface area (Å²) in [6, 6.07) is 0.597. The van der Waals surface area contributed by atoms with Crippen LogP contribution >= 0.6 is 0 Å². The van der Waals surface area contributed by atoms with Gasteiger partial charge in [-0.15, -0.1) is 0 Å². The molecule has 2 rings (SSSR count). The molecule has 0 aliphatic carbocycles. The molecule has 2 atom stereocenters. The van der Waals surface area contributed by atoms with Gasteiger partial charge in [-0.05, 0) is 38.8 Å². The van der Waals surface area contributed by atoms with E-state index in [0.29, 0.717) is 12.6 Å². The van der Waals surface area contributed by atoms with Crippen molar-refractivity contribution in [2.45, 2.75) is 38.6 Å². The predicted molar refractivity (Wildman–Crippen MR) is 68.6 cm³/mol. The fourth-order valence-corrected chi connectivity index (χ4v) is 2.97. The van der Waals surface area contributed by atoms with Gasteiger partial charge in [0.25, 0.3) is 0 Å². The third-order valence-corrected chi connectivity index (χ3v) is 4.14. The van der Waals surface area contributed by atoms with Crippen LogP contribution in [0.4, 0.5) is 0 Å². The molecule has 2 saturated heterocycles. The van der Waals surface area contributed by atoms with E-state index in [4.69, 9.17) is 5.73 Å². The third kappa shape index (κ3) is 2.99. The molecule has 0 aromatic rings. The van der Waals surface area contributed by atoms with Crippen LogP contribution in [0.5, 0.6) is 0 Å². The van der Waals surface area contributed by atoms with Gasteiger partial charge in [0.15, 0.2) is 0 Å². The summed E-state index contributed by atoms with van der Waals surface area (Å²) in [5.41, 5.74) is 5.58. The van der Waals surface area contributed by atoms with Gasteiger partial charge >= 0.3 is 0 Å². The van der Waals surface area contributed by atoms with Gasteiger partial charge in [0.1, 0.15) is 0 Å². The molecule has 0 aromatic carbocycles. The Morgan fingerprint density at radius 1 is 1.29 bits per heavy atom. The van der Waals surface area contributed by atoms with Crippen LogP contribution in [-0.2, 0) is 4.79 Å². The molecular formula is C13H25N3O. The minimum absolute atomic E-state index is 0.0210. The van der Waals surface area contributed by atoms with E-state index in [1.165, 1.54) is 32.4 Å². The number of hydrogen-bond donors (Lipinski definition) is 1. The second kappa shape index (κ2) is 5.83. The lowest BCUT2D eigenvalue weighted by molar-refractivity contribution is -0.136. The van der Waals surface area contributed by atoms with Crippen molar-refractivity contribution < 1.29 is 4.79 Å². The summed E-state index contributed by atoms with van der Waals surface area (Å²) in [5.74, 6) is 0.226. The van der Waals surface area contributed by atoms with E-state index in [2.05, 4.69) is 4.90 Å². The van der Waals surface area contributed by atoms with E-state index in [1.54, 1.807) is 0 Å². The van der Waals surface area contributed by atoms with Crippen molar-refractivity contribution in [3.05, 3.63) is 0 Å². The van der Waals surface area contributed by atoms with Crippen LogP contribution in [0.1, 0.15) is 32.6 Å². The molecule has 2 aliphatic heterocycles. The van der Waals surface area contributed by atoms with Gasteiger partial charge in [-0.1, -0.05) is 6.92 Å². The minimum atomic E-state index is -0.0210. The van der Waals surface area contributed by atoms with Crippen LogP contribution in [0, 0.1) is 5.92 Å². The van der Waals surface area contributed by atoms with Crippen LogP contribution in [-0.4, -0.2) is 54.5 Å². The van der Waals surface area contributed by atoms with Gasteiger partial charge in [0.2, 0.25) is 5.91 Å². The summed E-state index contributed by atoms with van der Waals surface area (Å²) in [5, 5.41) is 0. The molecule has 4 heteroatoms. The average molecular weight is 239 g/mol. The van der Waals surface area contributed by atoms with E-state index in [0.717, 1.165) is 19.5 Å². The van der Waals surface area contributed by atoms with Crippen molar-refractivity contribution in [2.24, 2.45) is 11.7 Å². The van der Waals surface area contributed by atoms with Crippen molar-refractivity contribution in [2.75, 3.05) is 32.7 Å². The maximum atomic E-state index is 12.1. The number of hydrogen-bond acceptors (Lipinski definition) is 3. The highest BCUT2D eigenvalue weighted by atomic mass is 16.2. The lowest BCUT2D eigenvalue weighted by atomic mass is 10.0. The van der Waals surface area contributed by atoms with Gasteiger partial charge in [0, 0.05) is 31.6 Å². The Morgan fingerprint density at radius 3 is 2.65 bits per heavy atom. The fraction of sp³-hybridized carbons (Fsp3) is 0.923. The SMILES string of the molecule is CC(CN)C(=O)N1CCCC(N2CCCC2)C1. The Balaban J connectivity index is 1.89. The Labute approximate surface area is 104 Å². The first kappa shape index (κ1) is 12.8. The topological polar surface area (TPSA) is 49.6 Å². The molecule has 2 N–H and O–H groups in total. The number of piperidine rings is 1. The summed E-state index contributed by atoms with van der Waals surface area (Å²) >= 11 is 0. The van der Waals surface area contributed by atoms with Gasteiger partial charge < -0.3 is 10.6 Å². The first-order valence-corrected chi connectivity index (χ1v) is 6.95. The summed E-state index contributed by atoms with van der Waals surface area (Å²) < 4.78 is 0. The highest BCUT2D eigenvalue weighted by Crippen LogP contribution is 2.21. The molecule has 4 nitrogen and oxygen atoms in total. The standard InChI is InChI=1S/C13H25N3O/c1-11(9-14)13(17)16-8-4-5-12(10-16)15-6-2-3-7-15/h11-12H,2-10,14H2,1H3. The number of nitrogens with zero attached hydrogens (tertiary/aromatic N) is 2. The molecule has 0 aromatic heterocycles. The van der Waals surface area contributed by atoms with Crippen molar-refractivity contribution >= 4 is 5.91 Å². The number of rotatable bonds is 3. The molecule has 2 aliphatic rings. The normalized spacial score (nSPS) is 28.4. The molecule has 17 heavy (non-hydrogen) atoms. The molecule has 0 spiro atoms. The second-order valence-electron chi connectivity index (χ2n) is 5.46. The van der Waals surface area contributed by atoms with Gasteiger partial charge in [-0.2, -0.15) is 0 Å². The smallest absolute Gasteiger partial charge is 0.226 e. The Bertz CT molecular complexity index is 263. The molecule has 1 amide bonds. The molecule has 98 valence electrons. The van der Waals surface area contributed by atoms with E-state index in [-0.39, 0.29) is 11.8 Å². The Kier molecular flexibility index (Phi) is 4.40. The van der Waals surface area contributed by atoms with Crippen LogP contribution in [0.2, 0.25) is 0 Å². The van der Waals surface area contributed by atoms with Crippen LogP contribution in [0.15, 0.2) is 0 Å². The highest BCUT2D eigenvalue weighted by Gasteiger charge is 2.30. The third-order valence-electron chi connectivity index (χ3n) is 4.14. The Morgan fingerprint density at radius 2 is 2.00 bits per heavy atom. The van der Waals surface area contributed by atoms with E-state index in [1.807, 2.05) is 11.8 Å². The number of nitrogens with two attached hydrogens (primary N) is 1. The zero-order valence-corrected chi connectivity index (χ0v) is 10.9. The number of likely N-dealkylation sites (tertiary alicyclic amines) is 2. The van der Waals surface area contributed by atoms with Crippen molar-refractivity contribution in [1.82, 2.24) is 9.80 Å².